The summed E-state index contributed by atoms with van der Waals surface area (Å²) in [6, 6.07) is 10.9. The van der Waals surface area contributed by atoms with Gasteiger partial charge in [0.25, 0.3) is 0 Å². The van der Waals surface area contributed by atoms with Gasteiger partial charge in [0.1, 0.15) is 0 Å². The maximum atomic E-state index is 3.61. The molecule has 0 fully saturated rings. The summed E-state index contributed by atoms with van der Waals surface area (Å²) in [5, 5.41) is 5.66. The molecule has 0 aliphatic heterocycles. The van der Waals surface area contributed by atoms with Crippen LogP contribution in [0.3, 0.4) is 0 Å². The number of rotatable bonds is 8. The van der Waals surface area contributed by atoms with Crippen LogP contribution in [0.5, 0.6) is 0 Å². The van der Waals surface area contributed by atoms with Crippen molar-refractivity contribution in [1.82, 2.24) is 5.32 Å². The van der Waals surface area contributed by atoms with Crippen molar-refractivity contribution in [2.45, 2.75) is 33.4 Å². The minimum Gasteiger partial charge on any atom is -0.366 e. The Balaban J connectivity index is 2.19. The third-order valence-electron chi connectivity index (χ3n) is 3.44. The lowest BCUT2D eigenvalue weighted by molar-refractivity contribution is 0.672. The number of nitrogens with zero attached hydrogens (tertiary/aromatic N) is 1. The summed E-state index contributed by atoms with van der Waals surface area (Å²) in [7, 11) is 0. The third kappa shape index (κ3) is 4.83. The molecule has 0 atom stereocenters. The van der Waals surface area contributed by atoms with Crippen molar-refractivity contribution in [3.63, 3.8) is 0 Å². The van der Waals surface area contributed by atoms with Gasteiger partial charge in [-0.25, -0.2) is 0 Å². The van der Waals surface area contributed by atoms with Crippen molar-refractivity contribution in [3.05, 3.63) is 50.6 Å². The highest BCUT2D eigenvalue weighted by molar-refractivity contribution is 9.10. The van der Waals surface area contributed by atoms with E-state index < -0.39 is 0 Å². The Bertz CT molecular complexity index is 540. The molecular weight excluding hydrogens is 344 g/mol. The van der Waals surface area contributed by atoms with Crippen molar-refractivity contribution in [1.29, 1.82) is 0 Å². The van der Waals surface area contributed by atoms with Crippen LogP contribution in [0.2, 0.25) is 0 Å². The molecule has 0 spiro atoms. The van der Waals surface area contributed by atoms with Crippen LogP contribution in [0.15, 0.2) is 40.2 Å². The Morgan fingerprint density at radius 3 is 2.76 bits per heavy atom. The predicted molar refractivity (Wildman–Crippen MR) is 97.2 cm³/mol. The topological polar surface area (TPSA) is 15.3 Å². The second-order valence-electron chi connectivity index (χ2n) is 5.04. The van der Waals surface area contributed by atoms with E-state index in [1.807, 2.05) is 11.3 Å². The lowest BCUT2D eigenvalue weighted by Gasteiger charge is -2.26. The van der Waals surface area contributed by atoms with Crippen LogP contribution in [0.4, 0.5) is 5.69 Å². The Morgan fingerprint density at radius 1 is 1.24 bits per heavy atom. The van der Waals surface area contributed by atoms with E-state index in [9.17, 15) is 0 Å². The molecular formula is C17H23BrN2S. The van der Waals surface area contributed by atoms with Gasteiger partial charge in [-0.15, -0.1) is 11.3 Å². The van der Waals surface area contributed by atoms with Gasteiger partial charge in [0.05, 0.1) is 6.54 Å². The minimum absolute atomic E-state index is 0.928. The summed E-state index contributed by atoms with van der Waals surface area (Å²) in [5.74, 6) is 0. The number of thiophene rings is 1. The smallest absolute Gasteiger partial charge is 0.0522 e. The Kier molecular flexibility index (Phi) is 6.74. The molecule has 1 heterocycles. The molecule has 0 saturated carbocycles. The average Bonchev–Trinajstić information content (AvgIpc) is 2.99. The molecule has 2 rings (SSSR count). The van der Waals surface area contributed by atoms with Gasteiger partial charge in [-0.05, 0) is 49.0 Å². The molecule has 0 saturated heterocycles. The van der Waals surface area contributed by atoms with Gasteiger partial charge < -0.3 is 10.2 Å². The first-order chi connectivity index (χ1) is 10.2. The molecule has 0 amide bonds. The quantitative estimate of drug-likeness (QED) is 0.658. The molecule has 0 radical (unpaired) electrons. The molecule has 2 aromatic rings. The number of benzene rings is 1. The van der Waals surface area contributed by atoms with E-state index in [1.165, 1.54) is 22.5 Å². The SMILES string of the molecule is CCCNCc1ccc(Br)cc1N(CC)Cc1cccs1. The van der Waals surface area contributed by atoms with Crippen molar-refractivity contribution in [3.8, 4) is 0 Å². The fraction of sp³-hybridized carbons (Fsp3) is 0.412. The maximum absolute atomic E-state index is 3.61. The van der Waals surface area contributed by atoms with Crippen molar-refractivity contribution in [2.24, 2.45) is 0 Å². The van der Waals surface area contributed by atoms with Crippen LogP contribution in [-0.4, -0.2) is 13.1 Å². The summed E-state index contributed by atoms with van der Waals surface area (Å²) in [4.78, 5) is 3.85. The molecule has 1 aromatic carbocycles. The van der Waals surface area contributed by atoms with Gasteiger partial charge in [-0.2, -0.15) is 0 Å². The fourth-order valence-electron chi connectivity index (χ4n) is 2.34. The van der Waals surface area contributed by atoms with Crippen LogP contribution < -0.4 is 10.2 Å². The third-order valence-corrected chi connectivity index (χ3v) is 4.79. The predicted octanol–water partition coefficient (Wildman–Crippen LogP) is 5.04. The Labute approximate surface area is 140 Å². The van der Waals surface area contributed by atoms with Crippen molar-refractivity contribution in [2.75, 3.05) is 18.0 Å². The normalized spacial score (nSPS) is 10.8. The zero-order valence-electron chi connectivity index (χ0n) is 12.7. The standard InChI is InChI=1S/C17H23BrN2S/c1-3-9-19-12-14-7-8-15(18)11-17(14)20(4-2)13-16-6-5-10-21-16/h5-8,10-11,19H,3-4,9,12-13H2,1-2H3. The molecule has 2 nitrogen and oxygen atoms in total. The second-order valence-corrected chi connectivity index (χ2v) is 6.99. The lowest BCUT2D eigenvalue weighted by Crippen LogP contribution is -2.24. The van der Waals surface area contributed by atoms with E-state index in [4.69, 9.17) is 0 Å². The molecule has 0 aliphatic carbocycles. The summed E-state index contributed by atoms with van der Waals surface area (Å²) < 4.78 is 1.14. The molecule has 0 bridgehead atoms. The molecule has 1 aromatic heterocycles. The highest BCUT2D eigenvalue weighted by Crippen LogP contribution is 2.27. The van der Waals surface area contributed by atoms with E-state index in [-0.39, 0.29) is 0 Å². The molecule has 21 heavy (non-hydrogen) atoms. The van der Waals surface area contributed by atoms with E-state index in [1.54, 1.807) is 0 Å². The number of hydrogen-bond acceptors (Lipinski definition) is 3. The number of anilines is 1. The second kappa shape index (κ2) is 8.57. The highest BCUT2D eigenvalue weighted by Gasteiger charge is 2.11. The zero-order valence-corrected chi connectivity index (χ0v) is 15.1. The first kappa shape index (κ1) is 16.5. The number of nitrogens with one attached hydrogen (secondary N) is 1. The molecule has 0 aliphatic rings. The van der Waals surface area contributed by atoms with Gasteiger partial charge in [-0.1, -0.05) is 35.0 Å². The monoisotopic (exact) mass is 366 g/mol. The van der Waals surface area contributed by atoms with E-state index in [0.29, 0.717) is 0 Å². The van der Waals surface area contributed by atoms with Crippen LogP contribution in [0, 0.1) is 0 Å². The van der Waals surface area contributed by atoms with Crippen LogP contribution in [0.1, 0.15) is 30.7 Å². The fourth-order valence-corrected chi connectivity index (χ4v) is 3.41. The van der Waals surface area contributed by atoms with E-state index in [2.05, 4.69) is 75.7 Å². The molecule has 4 heteroatoms. The van der Waals surface area contributed by atoms with Crippen molar-refractivity contribution < 1.29 is 0 Å². The Hall–Kier alpha value is -0.840. The van der Waals surface area contributed by atoms with Gasteiger partial charge in [0.15, 0.2) is 0 Å². The first-order valence-electron chi connectivity index (χ1n) is 7.51. The van der Waals surface area contributed by atoms with Gasteiger partial charge >= 0.3 is 0 Å². The summed E-state index contributed by atoms with van der Waals surface area (Å²) in [5.41, 5.74) is 2.69. The van der Waals surface area contributed by atoms with Crippen LogP contribution >= 0.6 is 27.3 Å². The van der Waals surface area contributed by atoms with Gasteiger partial charge in [0.2, 0.25) is 0 Å². The summed E-state index contributed by atoms with van der Waals surface area (Å²) in [6.07, 6.45) is 1.17. The van der Waals surface area contributed by atoms with Gasteiger partial charge in [0, 0.05) is 28.1 Å². The largest absolute Gasteiger partial charge is 0.366 e. The van der Waals surface area contributed by atoms with Crippen molar-refractivity contribution >= 4 is 33.0 Å². The number of halogens is 1. The molecule has 114 valence electrons. The molecule has 0 unspecified atom stereocenters. The maximum Gasteiger partial charge on any atom is 0.0522 e. The summed E-state index contributed by atoms with van der Waals surface area (Å²) >= 11 is 5.43. The summed E-state index contributed by atoms with van der Waals surface area (Å²) in [6.45, 7) is 8.40. The average molecular weight is 367 g/mol. The minimum atomic E-state index is 0.928. The lowest BCUT2D eigenvalue weighted by atomic mass is 10.1. The van der Waals surface area contributed by atoms with E-state index >= 15 is 0 Å². The number of hydrogen-bond donors (Lipinski definition) is 1. The van der Waals surface area contributed by atoms with Gasteiger partial charge in [-0.3, -0.25) is 0 Å². The zero-order chi connectivity index (χ0) is 15.1. The van der Waals surface area contributed by atoms with Crippen LogP contribution in [0.25, 0.3) is 0 Å². The van der Waals surface area contributed by atoms with E-state index in [0.717, 1.165) is 30.7 Å². The highest BCUT2D eigenvalue weighted by atomic mass is 79.9. The molecule has 1 N–H and O–H groups in total. The Morgan fingerprint density at radius 2 is 2.10 bits per heavy atom. The van der Waals surface area contributed by atoms with Crippen LogP contribution in [-0.2, 0) is 13.1 Å². The first-order valence-corrected chi connectivity index (χ1v) is 9.18.